The lowest BCUT2D eigenvalue weighted by atomic mass is 10.1. The Morgan fingerprint density at radius 2 is 1.07 bits per heavy atom. The van der Waals surface area contributed by atoms with E-state index in [4.69, 9.17) is 36.0 Å². The molecule has 58 heavy (non-hydrogen) atoms. The molecule has 0 atom stereocenters. The van der Waals surface area contributed by atoms with Crippen LogP contribution < -0.4 is 19.9 Å². The summed E-state index contributed by atoms with van der Waals surface area (Å²) in [6, 6.07) is 29.1. The van der Waals surface area contributed by atoms with Gasteiger partial charge in [-0.25, -0.2) is 0 Å². The number of para-hydroxylation sites is 3. The summed E-state index contributed by atoms with van der Waals surface area (Å²) in [6.07, 6.45) is 1.14. The maximum absolute atomic E-state index is 8.67. The number of halogens is 1. The van der Waals surface area contributed by atoms with E-state index in [1.165, 1.54) is 7.11 Å². The molecule has 0 unspecified atom stereocenters. The number of benzene rings is 3. The highest BCUT2D eigenvalue weighted by Gasteiger charge is 2.11. The summed E-state index contributed by atoms with van der Waals surface area (Å²) >= 11 is 0. The predicted molar refractivity (Wildman–Crippen MR) is 233 cm³/mol. The Kier molecular flexibility index (Phi) is 20.9. The number of ether oxygens (including phenoxy) is 4. The number of methoxy groups -OCH3 is 1. The fourth-order valence-electron chi connectivity index (χ4n) is 5.14. The lowest BCUT2D eigenvalue weighted by Gasteiger charge is -2.07. The number of aromatic amines is 3. The Bertz CT molecular complexity index is 2160. The molecule has 3 heterocycles. The van der Waals surface area contributed by atoms with Crippen LogP contribution in [0.2, 0.25) is 0 Å². The minimum Gasteiger partial charge on any atom is -0.493 e. The van der Waals surface area contributed by atoms with E-state index in [1.807, 2.05) is 106 Å². The number of aromatic nitrogens is 6. The first-order chi connectivity index (χ1) is 27.5. The first kappa shape index (κ1) is 47.5. The van der Waals surface area contributed by atoms with Gasteiger partial charge in [-0.05, 0) is 83.1 Å². The van der Waals surface area contributed by atoms with Crippen LogP contribution in [0.4, 0.5) is 5.82 Å². The molecule has 0 radical (unpaired) electrons. The van der Waals surface area contributed by atoms with E-state index in [-0.39, 0.29) is 18.3 Å². The van der Waals surface area contributed by atoms with Crippen molar-refractivity contribution in [3.63, 3.8) is 0 Å². The summed E-state index contributed by atoms with van der Waals surface area (Å²) in [5.41, 5.74) is 14.1. The van der Waals surface area contributed by atoms with Gasteiger partial charge in [0.2, 0.25) is 0 Å². The number of rotatable bonds is 13. The van der Waals surface area contributed by atoms with Gasteiger partial charge in [-0.15, -0.1) is 12.4 Å². The predicted octanol–water partition coefficient (Wildman–Crippen LogP) is 9.03. The first-order valence-electron chi connectivity index (χ1n) is 18.4. The highest BCUT2D eigenvalue weighted by Crippen LogP contribution is 2.31. The van der Waals surface area contributed by atoms with Crippen molar-refractivity contribution in [2.45, 2.75) is 54.4 Å². The fourth-order valence-corrected chi connectivity index (χ4v) is 5.14. The average molecular weight is 815 g/mol. The lowest BCUT2D eigenvalue weighted by molar-refractivity contribution is 0.317. The molecular weight excluding hydrogens is 760 g/mol. The quantitative estimate of drug-likeness (QED) is 0.0255. The molecule has 0 amide bonds. The van der Waals surface area contributed by atoms with Crippen LogP contribution in [0.3, 0.4) is 0 Å². The van der Waals surface area contributed by atoms with Crippen LogP contribution in [0, 0.1) is 10.8 Å². The molecule has 3 aromatic carbocycles. The minimum absolute atomic E-state index is 0. The van der Waals surface area contributed by atoms with Gasteiger partial charge in [0.25, 0.3) is 0 Å². The number of anilines is 1. The summed E-state index contributed by atoms with van der Waals surface area (Å²) in [5, 5.41) is 47.0. The second-order valence-electron chi connectivity index (χ2n) is 12.3. The van der Waals surface area contributed by atoms with Crippen molar-refractivity contribution < 1.29 is 24.2 Å². The maximum atomic E-state index is 8.67. The monoisotopic (exact) mass is 814 g/mol. The summed E-state index contributed by atoms with van der Waals surface area (Å²) in [6.45, 7) is 12.9. The van der Waals surface area contributed by atoms with Crippen molar-refractivity contribution in [3.05, 3.63) is 102 Å². The van der Waals surface area contributed by atoms with Gasteiger partial charge in [-0.3, -0.25) is 20.7 Å². The van der Waals surface area contributed by atoms with Crippen LogP contribution in [-0.2, 0) is 17.6 Å². The van der Waals surface area contributed by atoms with Gasteiger partial charge in [0.1, 0.15) is 23.1 Å². The second-order valence-corrected chi connectivity index (χ2v) is 12.3. The highest BCUT2D eigenvalue weighted by atomic mass is 35.5. The molecule has 0 bridgehead atoms. The number of nitrogens with two attached hydrogens (primary N) is 1. The molecular formula is C42H55ClN10O5. The summed E-state index contributed by atoms with van der Waals surface area (Å²) in [7, 11) is 1.47. The van der Waals surface area contributed by atoms with Gasteiger partial charge in [0.05, 0.1) is 49.7 Å². The van der Waals surface area contributed by atoms with Gasteiger partial charge in [-0.1, -0.05) is 41.6 Å². The van der Waals surface area contributed by atoms with Crippen LogP contribution in [0.1, 0.15) is 52.9 Å². The Morgan fingerprint density at radius 3 is 1.45 bits per heavy atom. The molecule has 0 spiro atoms. The highest BCUT2D eigenvalue weighted by molar-refractivity contribution is 5.85. The zero-order chi connectivity index (χ0) is 41.6. The van der Waals surface area contributed by atoms with E-state index in [9.17, 15) is 0 Å². The largest absolute Gasteiger partial charge is 0.493 e. The van der Waals surface area contributed by atoms with Crippen LogP contribution >= 0.6 is 12.4 Å². The van der Waals surface area contributed by atoms with Gasteiger partial charge in [0, 0.05) is 59.6 Å². The normalized spacial score (nSPS) is 10.2. The molecule has 0 saturated carbocycles. The van der Waals surface area contributed by atoms with Crippen LogP contribution in [-0.4, -0.2) is 80.1 Å². The molecule has 0 fully saturated rings. The molecule has 0 saturated heterocycles. The van der Waals surface area contributed by atoms with Crippen molar-refractivity contribution in [2.24, 2.45) is 5.16 Å². The average Bonchev–Trinajstić information content (AvgIpc) is 3.98. The zero-order valence-electron chi connectivity index (χ0n) is 34.1. The Labute approximate surface area is 345 Å². The van der Waals surface area contributed by atoms with Gasteiger partial charge >= 0.3 is 0 Å². The lowest BCUT2D eigenvalue weighted by Crippen LogP contribution is -1.97. The summed E-state index contributed by atoms with van der Waals surface area (Å²) in [4.78, 5) is 0. The summed E-state index contributed by atoms with van der Waals surface area (Å²) in [5.74, 6) is 3.23. The molecule has 0 aliphatic rings. The van der Waals surface area contributed by atoms with E-state index in [0.717, 1.165) is 62.4 Å². The minimum atomic E-state index is 0. The fraction of sp³-hybridized carbons (Fsp3) is 0.286. The molecule has 8 N–H and O–H groups in total. The molecule has 6 aromatic rings. The number of H-pyrrole nitrogens is 3. The topological polar surface area (TPSA) is 229 Å². The van der Waals surface area contributed by atoms with Crippen LogP contribution in [0.25, 0.3) is 33.8 Å². The van der Waals surface area contributed by atoms with E-state index < -0.39 is 0 Å². The van der Waals surface area contributed by atoms with E-state index in [1.54, 1.807) is 26.8 Å². The third-order valence-electron chi connectivity index (χ3n) is 7.64. The first-order valence-corrected chi connectivity index (χ1v) is 18.4. The molecule has 16 heteroatoms. The second kappa shape index (κ2) is 25.5. The van der Waals surface area contributed by atoms with Crippen molar-refractivity contribution >= 4 is 35.5 Å². The van der Waals surface area contributed by atoms with Crippen LogP contribution in [0.15, 0.2) is 96.2 Å². The number of oxime groups is 1. The van der Waals surface area contributed by atoms with Gasteiger partial charge in [-0.2, -0.15) is 15.3 Å². The number of nitrogens with one attached hydrogen (secondary N) is 5. The molecule has 15 nitrogen and oxygen atoms in total. The third kappa shape index (κ3) is 15.5. The van der Waals surface area contributed by atoms with Gasteiger partial charge < -0.3 is 35.3 Å². The van der Waals surface area contributed by atoms with Gasteiger partial charge in [0.15, 0.2) is 5.90 Å². The smallest absolute Gasteiger partial charge is 0.176 e. The van der Waals surface area contributed by atoms with Crippen molar-refractivity contribution in [1.82, 2.24) is 30.6 Å². The van der Waals surface area contributed by atoms with Crippen LogP contribution in [0.5, 0.6) is 17.2 Å². The standard InChI is InChI=1S/C14H17N3O2.C14H17N3O.C11H13N3O.C3H7NO.ClH/c1-3-19-14-7-5-4-6-12(14)13-9-11(15-16-13)8-10(2)17-18;1-3-18-14-7-5-4-6-12(14)13-9-11(16-17-13)8-10(2)15;1-2-15-10-6-4-3-5-8(10)9-7-11(12)14-13-9;1-3(4)5-2;/h4-7,9,18H,3,8H2,1-2H3,(H,15,16);4-7,9,15H,3,8H2,1-2H3,(H,16,17);3-7H,2H2,1H3,(H3,12,13,14);4H,1-2H3;1H/b17-10+;;;;. The number of hydrogen-bond acceptors (Lipinski definition) is 12. The third-order valence-corrected chi connectivity index (χ3v) is 7.64. The van der Waals surface area contributed by atoms with E-state index >= 15 is 0 Å². The molecule has 6 rings (SSSR count). The van der Waals surface area contributed by atoms with Crippen molar-refractivity contribution in [1.29, 1.82) is 10.8 Å². The SMILES string of the molecule is CCOc1ccccc1-c1cc(C/C(C)=N/O)[nH]n1.CCOc1ccccc1-c1cc(CC(C)=N)[nH]n1.CCOc1ccccc1-c1cc(N)n[nH]1.COC(C)=N.Cl. The maximum Gasteiger partial charge on any atom is 0.176 e. The molecule has 310 valence electrons. The zero-order valence-corrected chi connectivity index (χ0v) is 34.9. The Morgan fingerprint density at radius 1 is 0.655 bits per heavy atom. The number of hydrogen-bond donors (Lipinski definition) is 7. The number of nitrogen functional groups attached to an aromatic ring is 1. The summed E-state index contributed by atoms with van der Waals surface area (Å²) < 4.78 is 21.0. The van der Waals surface area contributed by atoms with Crippen molar-refractivity contribution in [2.75, 3.05) is 32.7 Å². The molecule has 0 aliphatic carbocycles. The molecule has 3 aromatic heterocycles. The number of nitrogens with zero attached hydrogens (tertiary/aromatic N) is 4. The molecule has 0 aliphatic heterocycles. The van der Waals surface area contributed by atoms with Crippen molar-refractivity contribution in [3.8, 4) is 51.0 Å². The van der Waals surface area contributed by atoms with E-state index in [2.05, 4.69) is 40.5 Å². The Balaban J connectivity index is 0.000000282. The van der Waals surface area contributed by atoms with E-state index in [0.29, 0.717) is 49.9 Å². The Hall–Kier alpha value is -6.61.